The van der Waals surface area contributed by atoms with Gasteiger partial charge in [-0.15, -0.1) is 0 Å². The van der Waals surface area contributed by atoms with Gasteiger partial charge >= 0.3 is 0 Å². The largest absolute Gasteiger partial charge is 0.354 e. The van der Waals surface area contributed by atoms with Crippen LogP contribution in [0.3, 0.4) is 0 Å². The van der Waals surface area contributed by atoms with Gasteiger partial charge in [0.25, 0.3) is 0 Å². The lowest BCUT2D eigenvalue weighted by atomic mass is 9.87. The second-order valence-corrected chi connectivity index (χ2v) is 4.34. The predicted octanol–water partition coefficient (Wildman–Crippen LogP) is 0.547. The van der Waals surface area contributed by atoms with Crippen LogP contribution >= 0.6 is 0 Å². The molecule has 0 saturated heterocycles. The number of hydrogen-bond acceptors (Lipinski definition) is 4. The van der Waals surface area contributed by atoms with E-state index in [9.17, 15) is 4.79 Å². The molecule has 2 rings (SSSR count). The Morgan fingerprint density at radius 1 is 1.59 bits per heavy atom. The summed E-state index contributed by atoms with van der Waals surface area (Å²) in [5.74, 6) is 0.597. The zero-order valence-electron chi connectivity index (χ0n) is 9.57. The Morgan fingerprint density at radius 2 is 2.35 bits per heavy atom. The highest BCUT2D eigenvalue weighted by molar-refractivity contribution is 5.85. The normalized spacial score (nSPS) is 17.6. The third-order valence-electron chi connectivity index (χ3n) is 3.22. The summed E-state index contributed by atoms with van der Waals surface area (Å²) in [5, 5.41) is 18.4. The van der Waals surface area contributed by atoms with Gasteiger partial charge in [0.05, 0.1) is 6.07 Å². The first kappa shape index (κ1) is 11.6. The van der Waals surface area contributed by atoms with Gasteiger partial charge in [0.15, 0.2) is 0 Å². The SMILES string of the molecule is N#CC1(C(=O)NCCc2ncn[nH]2)CCCC1. The molecule has 1 heterocycles. The van der Waals surface area contributed by atoms with E-state index in [0.29, 0.717) is 25.8 Å². The third kappa shape index (κ3) is 2.44. The van der Waals surface area contributed by atoms with E-state index in [2.05, 4.69) is 26.6 Å². The van der Waals surface area contributed by atoms with E-state index in [0.717, 1.165) is 18.7 Å². The van der Waals surface area contributed by atoms with Crippen molar-refractivity contribution in [1.82, 2.24) is 20.5 Å². The van der Waals surface area contributed by atoms with Gasteiger partial charge in [-0.25, -0.2) is 4.98 Å². The van der Waals surface area contributed by atoms with Gasteiger partial charge in [0.1, 0.15) is 17.6 Å². The zero-order chi connectivity index (χ0) is 12.1. The molecule has 17 heavy (non-hydrogen) atoms. The van der Waals surface area contributed by atoms with Crippen LogP contribution in [0.25, 0.3) is 0 Å². The van der Waals surface area contributed by atoms with E-state index in [4.69, 9.17) is 5.26 Å². The molecule has 0 aromatic carbocycles. The first-order valence-corrected chi connectivity index (χ1v) is 5.81. The summed E-state index contributed by atoms with van der Waals surface area (Å²) < 4.78 is 0. The molecule has 0 bridgehead atoms. The summed E-state index contributed by atoms with van der Waals surface area (Å²) in [5.41, 5.74) is -0.790. The number of nitriles is 1. The average Bonchev–Trinajstić information content (AvgIpc) is 3.00. The van der Waals surface area contributed by atoms with E-state index in [-0.39, 0.29) is 5.91 Å². The third-order valence-corrected chi connectivity index (χ3v) is 3.22. The van der Waals surface area contributed by atoms with Crippen LogP contribution in [0, 0.1) is 16.7 Å². The smallest absolute Gasteiger partial charge is 0.240 e. The maximum Gasteiger partial charge on any atom is 0.240 e. The van der Waals surface area contributed by atoms with Crippen LogP contribution in [0.2, 0.25) is 0 Å². The number of carbonyl (C=O) groups excluding carboxylic acids is 1. The summed E-state index contributed by atoms with van der Waals surface area (Å²) in [7, 11) is 0. The highest BCUT2D eigenvalue weighted by atomic mass is 16.2. The molecule has 1 aliphatic rings. The molecule has 1 fully saturated rings. The molecule has 1 amide bonds. The molecule has 6 nitrogen and oxygen atoms in total. The van der Waals surface area contributed by atoms with Crippen molar-refractivity contribution in [3.63, 3.8) is 0 Å². The second kappa shape index (κ2) is 4.95. The maximum absolute atomic E-state index is 11.9. The minimum atomic E-state index is -0.790. The predicted molar refractivity (Wildman–Crippen MR) is 59.6 cm³/mol. The average molecular weight is 233 g/mol. The lowest BCUT2D eigenvalue weighted by molar-refractivity contribution is -0.127. The van der Waals surface area contributed by atoms with Gasteiger partial charge in [0, 0.05) is 13.0 Å². The van der Waals surface area contributed by atoms with Crippen LogP contribution in [-0.4, -0.2) is 27.6 Å². The van der Waals surface area contributed by atoms with Crippen LogP contribution in [-0.2, 0) is 11.2 Å². The van der Waals surface area contributed by atoms with E-state index in [1.165, 1.54) is 6.33 Å². The highest BCUT2D eigenvalue weighted by Crippen LogP contribution is 2.37. The molecule has 6 heteroatoms. The number of aromatic amines is 1. The van der Waals surface area contributed by atoms with Gasteiger partial charge in [0.2, 0.25) is 5.91 Å². The fourth-order valence-corrected chi connectivity index (χ4v) is 2.18. The fraction of sp³-hybridized carbons (Fsp3) is 0.636. The van der Waals surface area contributed by atoms with Crippen LogP contribution < -0.4 is 5.32 Å². The number of carbonyl (C=O) groups is 1. The number of aromatic nitrogens is 3. The molecule has 0 radical (unpaired) electrons. The Balaban J connectivity index is 1.83. The quantitative estimate of drug-likeness (QED) is 0.793. The van der Waals surface area contributed by atoms with E-state index >= 15 is 0 Å². The summed E-state index contributed by atoms with van der Waals surface area (Å²) in [4.78, 5) is 15.9. The van der Waals surface area contributed by atoms with Gasteiger partial charge in [-0.05, 0) is 12.8 Å². The van der Waals surface area contributed by atoms with Crippen LogP contribution in [0.15, 0.2) is 6.33 Å². The number of nitrogens with zero attached hydrogens (tertiary/aromatic N) is 3. The van der Waals surface area contributed by atoms with E-state index < -0.39 is 5.41 Å². The maximum atomic E-state index is 11.9. The minimum absolute atomic E-state index is 0.142. The van der Waals surface area contributed by atoms with Crippen LogP contribution in [0.5, 0.6) is 0 Å². The molecule has 0 unspecified atom stereocenters. The number of nitrogens with one attached hydrogen (secondary N) is 2. The Morgan fingerprint density at radius 3 is 2.94 bits per heavy atom. The number of rotatable bonds is 4. The summed E-state index contributed by atoms with van der Waals surface area (Å²) >= 11 is 0. The molecule has 2 N–H and O–H groups in total. The Kier molecular flexibility index (Phi) is 3.38. The van der Waals surface area contributed by atoms with Crippen molar-refractivity contribution < 1.29 is 4.79 Å². The van der Waals surface area contributed by atoms with E-state index in [1.807, 2.05) is 0 Å². The standard InChI is InChI=1S/C11H15N5O/c12-7-11(4-1-2-5-11)10(17)13-6-3-9-14-8-15-16-9/h8H,1-6H2,(H,13,17)(H,14,15,16). The molecule has 1 aromatic heterocycles. The minimum Gasteiger partial charge on any atom is -0.354 e. The zero-order valence-corrected chi connectivity index (χ0v) is 9.57. The number of H-pyrrole nitrogens is 1. The van der Waals surface area contributed by atoms with Crippen molar-refractivity contribution in [3.8, 4) is 6.07 Å². The van der Waals surface area contributed by atoms with Crippen molar-refractivity contribution in [3.05, 3.63) is 12.2 Å². The molecule has 0 atom stereocenters. The Labute approximate surface area is 99.4 Å². The molecule has 90 valence electrons. The Hall–Kier alpha value is -1.90. The van der Waals surface area contributed by atoms with Gasteiger partial charge in [-0.3, -0.25) is 9.89 Å². The topological polar surface area (TPSA) is 94.5 Å². The highest BCUT2D eigenvalue weighted by Gasteiger charge is 2.41. The van der Waals surface area contributed by atoms with E-state index in [1.54, 1.807) is 0 Å². The lowest BCUT2D eigenvalue weighted by Gasteiger charge is -2.18. The monoisotopic (exact) mass is 233 g/mol. The summed E-state index contributed by atoms with van der Waals surface area (Å²) in [6, 6.07) is 2.17. The number of amides is 1. The van der Waals surface area contributed by atoms with Gasteiger partial charge in [-0.1, -0.05) is 12.8 Å². The fourth-order valence-electron chi connectivity index (χ4n) is 2.18. The van der Waals surface area contributed by atoms with Crippen molar-refractivity contribution in [2.24, 2.45) is 5.41 Å². The summed E-state index contributed by atoms with van der Waals surface area (Å²) in [6.45, 7) is 0.484. The van der Waals surface area contributed by atoms with Crippen molar-refractivity contribution >= 4 is 5.91 Å². The van der Waals surface area contributed by atoms with Gasteiger partial charge in [-0.2, -0.15) is 10.4 Å². The molecule has 1 saturated carbocycles. The molecular weight excluding hydrogens is 218 g/mol. The molecular formula is C11H15N5O. The first-order valence-electron chi connectivity index (χ1n) is 5.81. The Bertz CT molecular complexity index is 414. The molecule has 1 aromatic rings. The first-order chi connectivity index (χ1) is 8.27. The lowest BCUT2D eigenvalue weighted by Crippen LogP contribution is -2.39. The summed E-state index contributed by atoms with van der Waals surface area (Å²) in [6.07, 6.45) is 5.32. The molecule has 0 spiro atoms. The van der Waals surface area contributed by atoms with Gasteiger partial charge < -0.3 is 5.32 Å². The molecule has 0 aliphatic heterocycles. The van der Waals surface area contributed by atoms with Crippen molar-refractivity contribution in [2.45, 2.75) is 32.1 Å². The van der Waals surface area contributed by atoms with Crippen molar-refractivity contribution in [1.29, 1.82) is 5.26 Å². The molecule has 1 aliphatic carbocycles. The number of hydrogen-bond donors (Lipinski definition) is 2. The second-order valence-electron chi connectivity index (χ2n) is 4.34. The van der Waals surface area contributed by atoms with Crippen molar-refractivity contribution in [2.75, 3.05) is 6.54 Å². The van der Waals surface area contributed by atoms with Crippen LogP contribution in [0.1, 0.15) is 31.5 Å². The van der Waals surface area contributed by atoms with Crippen LogP contribution in [0.4, 0.5) is 0 Å².